The van der Waals surface area contributed by atoms with E-state index in [2.05, 4.69) is 14.9 Å². The van der Waals surface area contributed by atoms with Gasteiger partial charge in [-0.15, -0.1) is 0 Å². The van der Waals surface area contributed by atoms with E-state index in [4.69, 9.17) is 0 Å². The summed E-state index contributed by atoms with van der Waals surface area (Å²) >= 11 is 0. The van der Waals surface area contributed by atoms with Crippen LogP contribution >= 0.6 is 0 Å². The van der Waals surface area contributed by atoms with Crippen LogP contribution in [-0.2, 0) is 0 Å². The van der Waals surface area contributed by atoms with Crippen molar-refractivity contribution < 1.29 is 4.79 Å². The number of nitrogens with zero attached hydrogens (tertiary/aromatic N) is 3. The number of Topliss-reactive ketones (excluding diaryl/α,β-unsaturated/α-hetero) is 1. The van der Waals surface area contributed by atoms with Crippen LogP contribution in [0.4, 0.5) is 5.95 Å². The average Bonchev–Trinajstić information content (AvgIpc) is 2.30. The van der Waals surface area contributed by atoms with Crippen LogP contribution in [0.25, 0.3) is 0 Å². The smallest absolute Gasteiger partial charge is 0.225 e. The number of carbonyl (C=O) groups is 1. The van der Waals surface area contributed by atoms with Gasteiger partial charge in [-0.05, 0) is 25.3 Å². The summed E-state index contributed by atoms with van der Waals surface area (Å²) in [5, 5.41) is 0. The zero-order valence-electron chi connectivity index (χ0n) is 8.94. The molecule has 0 amide bonds. The van der Waals surface area contributed by atoms with Gasteiger partial charge in [-0.25, -0.2) is 9.97 Å². The predicted octanol–water partition coefficient (Wildman–Crippen LogP) is 1.67. The largest absolute Gasteiger partial charge is 0.341 e. The second-order valence-electron chi connectivity index (χ2n) is 3.85. The average molecular weight is 205 g/mol. The molecule has 0 unspecified atom stereocenters. The summed E-state index contributed by atoms with van der Waals surface area (Å²) in [7, 11) is 0. The van der Waals surface area contributed by atoms with Gasteiger partial charge in [0.1, 0.15) is 5.69 Å². The number of carbonyl (C=O) groups excluding carboxylic acids is 1. The molecule has 4 nitrogen and oxygen atoms in total. The number of ketones is 1. The first-order valence-corrected chi connectivity index (χ1v) is 5.36. The molecule has 0 radical (unpaired) electrons. The van der Waals surface area contributed by atoms with Crippen molar-refractivity contribution in [3.8, 4) is 0 Å². The van der Waals surface area contributed by atoms with Crippen LogP contribution < -0.4 is 4.90 Å². The van der Waals surface area contributed by atoms with Crippen molar-refractivity contribution in [2.45, 2.75) is 26.2 Å². The molecule has 1 fully saturated rings. The predicted molar refractivity (Wildman–Crippen MR) is 58.1 cm³/mol. The number of hydrogen-bond acceptors (Lipinski definition) is 4. The molecule has 0 spiro atoms. The van der Waals surface area contributed by atoms with Gasteiger partial charge >= 0.3 is 0 Å². The van der Waals surface area contributed by atoms with Crippen molar-refractivity contribution in [3.63, 3.8) is 0 Å². The first-order valence-electron chi connectivity index (χ1n) is 5.36. The fourth-order valence-electron chi connectivity index (χ4n) is 1.79. The molecule has 1 aliphatic heterocycles. The van der Waals surface area contributed by atoms with Crippen molar-refractivity contribution in [3.05, 3.63) is 18.0 Å². The van der Waals surface area contributed by atoms with Crippen molar-refractivity contribution in [1.29, 1.82) is 0 Å². The van der Waals surface area contributed by atoms with Crippen LogP contribution in [0.2, 0.25) is 0 Å². The molecular weight excluding hydrogens is 190 g/mol. The second kappa shape index (κ2) is 4.38. The fourth-order valence-corrected chi connectivity index (χ4v) is 1.79. The normalized spacial score (nSPS) is 16.5. The Labute approximate surface area is 89.3 Å². The van der Waals surface area contributed by atoms with Gasteiger partial charge in [-0.2, -0.15) is 0 Å². The third-order valence-electron chi connectivity index (χ3n) is 2.64. The molecule has 1 aromatic rings. The number of rotatable bonds is 2. The van der Waals surface area contributed by atoms with Crippen molar-refractivity contribution >= 4 is 11.7 Å². The molecule has 1 saturated heterocycles. The third-order valence-corrected chi connectivity index (χ3v) is 2.64. The molecule has 0 aromatic carbocycles. The van der Waals surface area contributed by atoms with Crippen LogP contribution in [-0.4, -0.2) is 28.8 Å². The summed E-state index contributed by atoms with van der Waals surface area (Å²) in [6.07, 6.45) is 5.32. The van der Waals surface area contributed by atoms with E-state index >= 15 is 0 Å². The highest BCUT2D eigenvalue weighted by Crippen LogP contribution is 2.15. The summed E-state index contributed by atoms with van der Waals surface area (Å²) < 4.78 is 0. The lowest BCUT2D eigenvalue weighted by molar-refractivity contribution is 0.101. The van der Waals surface area contributed by atoms with Gasteiger partial charge in [0.05, 0.1) is 0 Å². The molecule has 80 valence electrons. The SMILES string of the molecule is CC(=O)c1ccnc(N2CCCCC2)n1. The van der Waals surface area contributed by atoms with Crippen molar-refractivity contribution in [2.24, 2.45) is 0 Å². The highest BCUT2D eigenvalue weighted by Gasteiger charge is 2.14. The Bertz CT molecular complexity index is 359. The van der Waals surface area contributed by atoms with E-state index in [1.165, 1.54) is 26.2 Å². The number of aromatic nitrogens is 2. The molecule has 0 bridgehead atoms. The molecule has 15 heavy (non-hydrogen) atoms. The lowest BCUT2D eigenvalue weighted by atomic mass is 10.1. The van der Waals surface area contributed by atoms with E-state index in [1.807, 2.05) is 0 Å². The van der Waals surface area contributed by atoms with Gasteiger partial charge in [0.15, 0.2) is 5.78 Å². The van der Waals surface area contributed by atoms with E-state index in [0.29, 0.717) is 11.6 Å². The molecule has 0 N–H and O–H groups in total. The minimum Gasteiger partial charge on any atom is -0.341 e. The number of anilines is 1. The Morgan fingerprint density at radius 1 is 1.33 bits per heavy atom. The van der Waals surface area contributed by atoms with Crippen LogP contribution in [0.5, 0.6) is 0 Å². The van der Waals surface area contributed by atoms with E-state index < -0.39 is 0 Å². The minimum absolute atomic E-state index is 0.00402. The maximum atomic E-state index is 11.2. The van der Waals surface area contributed by atoms with Crippen molar-refractivity contribution in [1.82, 2.24) is 9.97 Å². The first kappa shape index (κ1) is 10.1. The van der Waals surface area contributed by atoms with Gasteiger partial charge in [-0.3, -0.25) is 4.79 Å². The van der Waals surface area contributed by atoms with E-state index in [0.717, 1.165) is 13.1 Å². The Morgan fingerprint density at radius 3 is 2.73 bits per heavy atom. The monoisotopic (exact) mass is 205 g/mol. The van der Waals surface area contributed by atoms with Crippen LogP contribution in [0.15, 0.2) is 12.3 Å². The van der Waals surface area contributed by atoms with E-state index in [1.54, 1.807) is 12.3 Å². The highest BCUT2D eigenvalue weighted by molar-refractivity contribution is 5.92. The maximum Gasteiger partial charge on any atom is 0.225 e. The molecule has 0 atom stereocenters. The Balaban J connectivity index is 2.19. The van der Waals surface area contributed by atoms with Gasteiger partial charge in [0.25, 0.3) is 0 Å². The lowest BCUT2D eigenvalue weighted by Crippen LogP contribution is -2.31. The molecule has 2 rings (SSSR count). The summed E-state index contributed by atoms with van der Waals surface area (Å²) in [4.78, 5) is 21.8. The number of hydrogen-bond donors (Lipinski definition) is 0. The Hall–Kier alpha value is -1.45. The van der Waals surface area contributed by atoms with Crippen LogP contribution in [0.1, 0.15) is 36.7 Å². The molecule has 2 heterocycles. The summed E-state index contributed by atoms with van der Waals surface area (Å²) in [5.41, 5.74) is 0.505. The zero-order valence-corrected chi connectivity index (χ0v) is 8.94. The molecule has 1 aliphatic rings. The summed E-state index contributed by atoms with van der Waals surface area (Å²) in [6.45, 7) is 3.53. The fraction of sp³-hybridized carbons (Fsp3) is 0.545. The Morgan fingerprint density at radius 2 is 2.07 bits per heavy atom. The molecule has 1 aromatic heterocycles. The van der Waals surface area contributed by atoms with Gasteiger partial charge in [0.2, 0.25) is 5.95 Å². The topological polar surface area (TPSA) is 46.1 Å². The molecular formula is C11H15N3O. The third kappa shape index (κ3) is 2.32. The zero-order chi connectivity index (χ0) is 10.7. The van der Waals surface area contributed by atoms with E-state index in [9.17, 15) is 4.79 Å². The standard InChI is InChI=1S/C11H15N3O/c1-9(15)10-5-6-12-11(13-10)14-7-3-2-4-8-14/h5-6H,2-4,7-8H2,1H3. The van der Waals surface area contributed by atoms with Crippen LogP contribution in [0, 0.1) is 0 Å². The molecule has 0 saturated carbocycles. The summed E-state index contributed by atoms with van der Waals surface area (Å²) in [6, 6.07) is 1.66. The lowest BCUT2D eigenvalue weighted by Gasteiger charge is -2.26. The Kier molecular flexibility index (Phi) is 2.94. The quantitative estimate of drug-likeness (QED) is 0.689. The van der Waals surface area contributed by atoms with Gasteiger partial charge < -0.3 is 4.90 Å². The van der Waals surface area contributed by atoms with Crippen LogP contribution in [0.3, 0.4) is 0 Å². The summed E-state index contributed by atoms with van der Waals surface area (Å²) in [5.74, 6) is 0.693. The minimum atomic E-state index is -0.00402. The van der Waals surface area contributed by atoms with E-state index in [-0.39, 0.29) is 5.78 Å². The number of piperidine rings is 1. The van der Waals surface area contributed by atoms with Gasteiger partial charge in [-0.1, -0.05) is 0 Å². The first-order chi connectivity index (χ1) is 7.27. The second-order valence-corrected chi connectivity index (χ2v) is 3.85. The molecule has 0 aliphatic carbocycles. The highest BCUT2D eigenvalue weighted by atomic mass is 16.1. The van der Waals surface area contributed by atoms with Gasteiger partial charge in [0, 0.05) is 26.2 Å². The van der Waals surface area contributed by atoms with Crippen molar-refractivity contribution in [2.75, 3.05) is 18.0 Å². The molecule has 4 heteroatoms. The maximum absolute atomic E-state index is 11.2.